The molecule has 0 bridgehead atoms. The molecule has 530 valence electrons. The van der Waals surface area contributed by atoms with Crippen molar-refractivity contribution in [2.75, 3.05) is 9.80 Å². The molecule has 2 spiro atoms. The molecule has 24 rings (SSSR count). The van der Waals surface area contributed by atoms with E-state index in [0.29, 0.717) is 0 Å². The normalized spacial score (nSPS) is 13.2. The molecule has 114 heavy (non-hydrogen) atoms. The number of furan rings is 1. The Balaban J connectivity index is 0.650. The zero-order valence-electron chi connectivity index (χ0n) is 62.0. The van der Waals surface area contributed by atoms with E-state index < -0.39 is 10.8 Å². The van der Waals surface area contributed by atoms with E-state index in [9.17, 15) is 0 Å². The van der Waals surface area contributed by atoms with E-state index in [2.05, 4.69) is 422 Å². The van der Waals surface area contributed by atoms with Crippen LogP contribution in [0.4, 0.5) is 34.1 Å². The van der Waals surface area contributed by atoms with Crippen molar-refractivity contribution in [2.45, 2.75) is 10.8 Å². The summed E-state index contributed by atoms with van der Waals surface area (Å²) in [6, 6.07) is 154. The molecule has 0 N–H and O–H groups in total. The molecule has 0 saturated carbocycles. The Bertz CT molecular complexity index is 7260. The largest absolute Gasteiger partial charge is 0.455 e. The van der Waals surface area contributed by atoms with Crippen LogP contribution >= 0.6 is 11.3 Å². The number of para-hydroxylation sites is 1. The highest BCUT2D eigenvalue weighted by Gasteiger charge is 2.53. The summed E-state index contributed by atoms with van der Waals surface area (Å²) in [6.07, 6.45) is 0. The Hall–Kier alpha value is -14.4. The molecule has 0 amide bonds. The molecule has 2 heterocycles. The van der Waals surface area contributed by atoms with Gasteiger partial charge in [-0.05, 0) is 248 Å². The Morgan fingerprint density at radius 3 is 1.08 bits per heavy atom. The minimum atomic E-state index is -0.520. The maximum Gasteiger partial charge on any atom is 0.143 e. The van der Waals surface area contributed by atoms with Crippen LogP contribution in [0.25, 0.3) is 142 Å². The van der Waals surface area contributed by atoms with Crippen LogP contribution in [0.3, 0.4) is 0 Å². The lowest BCUT2D eigenvalue weighted by molar-refractivity contribution is 0.670. The molecule has 0 fully saturated rings. The second-order valence-electron chi connectivity index (χ2n) is 30.8. The molecular formula is C110H68N2OS. The molecule has 4 aliphatic rings. The lowest BCUT2D eigenvalue weighted by Gasteiger charge is -2.32. The molecule has 2 aromatic heterocycles. The topological polar surface area (TPSA) is 19.6 Å². The van der Waals surface area contributed by atoms with E-state index in [1.54, 1.807) is 0 Å². The smallest absolute Gasteiger partial charge is 0.143 e. The van der Waals surface area contributed by atoms with Crippen molar-refractivity contribution in [1.82, 2.24) is 0 Å². The molecule has 0 unspecified atom stereocenters. The standard InChI is InChI=1S/C110H68N2OS/c1-2-24-69(25-3-1)70-48-53-76(54-49-70)112(81-58-60-91-89-37-11-19-45-102(89)110(104(91)68-81)99-42-16-8-34-86(99)87-35-9-17-43-100(87)110)79-29-23-27-74(63-79)94-65-75(66-96-92-38-12-20-46-105(92)113-108(94)96)83-31-5-4-30-82(83)71-50-55-77(56-51-71)111(78-28-22-26-72(62-78)73-52-61-107-95(64-73)93-39-13-21-47-106(93)114-107)80-57-59-90-88-36-10-18-44-101(88)109(103(90)67-80)97-40-14-6-32-84(97)85-33-7-15-41-98(85)109/h1-68H. The fraction of sp³-hybridized carbons (Fsp3) is 0.0182. The molecule has 4 aliphatic carbocycles. The Kier molecular flexibility index (Phi) is 14.2. The number of hydrogen-bond donors (Lipinski definition) is 0. The van der Waals surface area contributed by atoms with Crippen LogP contribution in [0.15, 0.2) is 417 Å². The Morgan fingerprint density at radius 1 is 0.184 bits per heavy atom. The van der Waals surface area contributed by atoms with Gasteiger partial charge in [-0.3, -0.25) is 0 Å². The SMILES string of the molecule is c1ccc(-c2ccc(N(c3cccc(-c4cc(-c5ccccc5-c5ccc(N(c6cccc(-c7ccc8sc9ccccc9c8c7)c6)c6ccc7c(c6)C6(c8ccccc8-c8ccccc86)c6ccccc6-7)cc5)cc5c4oc4ccccc45)c3)c3ccc4c(c3)C3(c5ccccc5-c5ccccc53)c3ccccc3-4)cc2)cc1. The van der Waals surface area contributed by atoms with Crippen LogP contribution < -0.4 is 9.80 Å². The maximum atomic E-state index is 7.11. The minimum Gasteiger partial charge on any atom is -0.455 e. The van der Waals surface area contributed by atoms with Gasteiger partial charge in [0.2, 0.25) is 0 Å². The third-order valence-electron chi connectivity index (χ3n) is 25.1. The molecular weight excluding hydrogens is 1400 g/mol. The Labute approximate surface area is 665 Å². The van der Waals surface area contributed by atoms with E-state index in [0.717, 1.165) is 101 Å². The fourth-order valence-electron chi connectivity index (χ4n) is 20.3. The van der Waals surface area contributed by atoms with Crippen molar-refractivity contribution in [2.24, 2.45) is 0 Å². The highest BCUT2D eigenvalue weighted by Crippen LogP contribution is 2.66. The van der Waals surface area contributed by atoms with Crippen LogP contribution in [0.5, 0.6) is 0 Å². The number of nitrogens with zero attached hydrogens (tertiary/aromatic N) is 2. The van der Waals surface area contributed by atoms with Gasteiger partial charge in [-0.25, -0.2) is 0 Å². The van der Waals surface area contributed by atoms with Gasteiger partial charge in [0.15, 0.2) is 0 Å². The summed E-state index contributed by atoms with van der Waals surface area (Å²) in [5, 5.41) is 4.72. The lowest BCUT2D eigenvalue weighted by atomic mass is 9.70. The zero-order chi connectivity index (χ0) is 74.7. The summed E-state index contributed by atoms with van der Waals surface area (Å²) < 4.78 is 9.71. The summed E-state index contributed by atoms with van der Waals surface area (Å²) in [5.74, 6) is 0. The van der Waals surface area contributed by atoms with Gasteiger partial charge < -0.3 is 14.2 Å². The summed E-state index contributed by atoms with van der Waals surface area (Å²) >= 11 is 1.86. The van der Waals surface area contributed by atoms with Gasteiger partial charge in [0.1, 0.15) is 11.2 Å². The van der Waals surface area contributed by atoms with Crippen LogP contribution in [-0.2, 0) is 10.8 Å². The van der Waals surface area contributed by atoms with Gasteiger partial charge in [0.05, 0.1) is 10.8 Å². The molecule has 0 aliphatic heterocycles. The van der Waals surface area contributed by atoms with Crippen LogP contribution in [0.1, 0.15) is 44.5 Å². The zero-order valence-corrected chi connectivity index (χ0v) is 62.8. The maximum absolute atomic E-state index is 7.11. The van der Waals surface area contributed by atoms with Crippen molar-refractivity contribution < 1.29 is 4.42 Å². The highest BCUT2D eigenvalue weighted by molar-refractivity contribution is 7.25. The van der Waals surface area contributed by atoms with Crippen molar-refractivity contribution in [1.29, 1.82) is 0 Å². The lowest BCUT2D eigenvalue weighted by Crippen LogP contribution is -2.26. The first-order valence-electron chi connectivity index (χ1n) is 39.4. The van der Waals surface area contributed by atoms with Crippen molar-refractivity contribution >= 4 is 87.6 Å². The number of anilines is 6. The monoisotopic (exact) mass is 1460 g/mol. The van der Waals surface area contributed by atoms with Crippen molar-refractivity contribution in [3.05, 3.63) is 457 Å². The number of fused-ring (bicyclic) bond motifs is 26. The van der Waals surface area contributed by atoms with Crippen molar-refractivity contribution in [3.8, 4) is 100 Å². The van der Waals surface area contributed by atoms with Gasteiger partial charge in [-0.15, -0.1) is 11.3 Å². The average Bonchev–Trinajstić information content (AvgIpc) is 1.51. The van der Waals surface area contributed by atoms with Gasteiger partial charge >= 0.3 is 0 Å². The predicted octanol–water partition coefficient (Wildman–Crippen LogP) is 29.9. The van der Waals surface area contributed by atoms with E-state index >= 15 is 0 Å². The van der Waals surface area contributed by atoms with Gasteiger partial charge in [-0.1, -0.05) is 303 Å². The third-order valence-corrected chi connectivity index (χ3v) is 26.2. The molecule has 0 radical (unpaired) electrons. The van der Waals surface area contributed by atoms with E-state index in [1.807, 2.05) is 11.3 Å². The van der Waals surface area contributed by atoms with Crippen LogP contribution in [0, 0.1) is 0 Å². The second-order valence-corrected chi connectivity index (χ2v) is 31.9. The first kappa shape index (κ1) is 64.4. The number of thiophene rings is 1. The summed E-state index contributed by atoms with van der Waals surface area (Å²) in [4.78, 5) is 4.94. The summed E-state index contributed by atoms with van der Waals surface area (Å²) in [6.45, 7) is 0. The third kappa shape index (κ3) is 9.38. The molecule has 20 aromatic rings. The Morgan fingerprint density at radius 2 is 0.544 bits per heavy atom. The van der Waals surface area contributed by atoms with Gasteiger partial charge in [0, 0.05) is 70.6 Å². The fourth-order valence-corrected chi connectivity index (χ4v) is 21.4. The number of benzene rings is 18. The molecule has 0 atom stereocenters. The summed E-state index contributed by atoms with van der Waals surface area (Å²) in [7, 11) is 0. The summed E-state index contributed by atoms with van der Waals surface area (Å²) in [5.41, 5.74) is 38.9. The van der Waals surface area contributed by atoms with Crippen molar-refractivity contribution in [3.63, 3.8) is 0 Å². The van der Waals surface area contributed by atoms with Gasteiger partial charge in [0.25, 0.3) is 0 Å². The molecule has 4 heteroatoms. The number of rotatable bonds is 11. The quantitative estimate of drug-likeness (QED) is 0.129. The van der Waals surface area contributed by atoms with E-state index in [1.165, 1.54) is 120 Å². The first-order valence-corrected chi connectivity index (χ1v) is 40.2. The van der Waals surface area contributed by atoms with Crippen LogP contribution in [0.2, 0.25) is 0 Å². The minimum absolute atomic E-state index is 0.516. The van der Waals surface area contributed by atoms with E-state index in [-0.39, 0.29) is 0 Å². The predicted molar refractivity (Wildman–Crippen MR) is 476 cm³/mol. The second kappa shape index (κ2) is 25.0. The first-order chi connectivity index (χ1) is 56.5. The molecule has 18 aromatic carbocycles. The molecule has 0 saturated heterocycles. The van der Waals surface area contributed by atoms with Gasteiger partial charge in [-0.2, -0.15) is 0 Å². The highest BCUT2D eigenvalue weighted by atomic mass is 32.1. The van der Waals surface area contributed by atoms with Crippen LogP contribution in [-0.4, -0.2) is 0 Å². The van der Waals surface area contributed by atoms with E-state index in [4.69, 9.17) is 4.42 Å². The average molecular weight is 1470 g/mol. The molecule has 3 nitrogen and oxygen atoms in total. The number of hydrogen-bond acceptors (Lipinski definition) is 4.